The number of hydrogen-bond acceptors (Lipinski definition) is 3. The van der Waals surface area contributed by atoms with Gasteiger partial charge >= 0.3 is 6.36 Å². The molecule has 4 nitrogen and oxygen atoms in total. The van der Waals surface area contributed by atoms with Crippen molar-refractivity contribution in [2.45, 2.75) is 26.1 Å². The van der Waals surface area contributed by atoms with E-state index >= 15 is 0 Å². The molecule has 1 aromatic heterocycles. The molecule has 1 aliphatic heterocycles. The molecule has 4 aromatic rings. The van der Waals surface area contributed by atoms with Crippen LogP contribution in [0, 0.1) is 12.8 Å². The molecular weight excluding hydrogens is 465 g/mol. The zero-order valence-electron chi connectivity index (χ0n) is 19.8. The fourth-order valence-corrected chi connectivity index (χ4v) is 5.01. The van der Waals surface area contributed by atoms with E-state index in [1.54, 1.807) is 12.1 Å². The van der Waals surface area contributed by atoms with E-state index in [4.69, 9.17) is 0 Å². The van der Waals surface area contributed by atoms with Crippen LogP contribution in [0.3, 0.4) is 0 Å². The average Bonchev–Trinajstić information content (AvgIpc) is 3.32. The highest BCUT2D eigenvalue weighted by molar-refractivity contribution is 5.97. The van der Waals surface area contributed by atoms with Crippen molar-refractivity contribution in [1.29, 1.82) is 0 Å². The first kappa shape index (κ1) is 23.9. The fraction of sp³-hybridized carbons (Fsp3) is 0.241. The minimum atomic E-state index is -4.73. The number of hydrogen-bond donors (Lipinski definition) is 0. The lowest BCUT2D eigenvalue weighted by molar-refractivity contribution is -0.274. The topological polar surface area (TPSA) is 42.4 Å². The standard InChI is InChI=1S/C29H25F3N2O2/c1-19-25(21-10-12-24(13-11-21)36-29(30,31)32)8-3-9-26(19)28(35)34-16-14-20(18-34)17-23-6-2-5-22-7-4-15-33-27(22)23/h2-13,15,20H,14,16-18H2,1H3. The van der Waals surface area contributed by atoms with Gasteiger partial charge < -0.3 is 9.64 Å². The molecule has 36 heavy (non-hydrogen) atoms. The van der Waals surface area contributed by atoms with Gasteiger partial charge in [0, 0.05) is 30.2 Å². The average molecular weight is 491 g/mol. The number of ether oxygens (including phenoxy) is 1. The van der Waals surface area contributed by atoms with Crippen LogP contribution in [0.1, 0.15) is 27.9 Å². The van der Waals surface area contributed by atoms with Gasteiger partial charge in [0.15, 0.2) is 0 Å². The first-order chi connectivity index (χ1) is 17.3. The van der Waals surface area contributed by atoms with Gasteiger partial charge in [-0.15, -0.1) is 13.2 Å². The number of para-hydroxylation sites is 1. The van der Waals surface area contributed by atoms with Crippen LogP contribution < -0.4 is 4.74 Å². The van der Waals surface area contributed by atoms with Crippen LogP contribution in [-0.2, 0) is 6.42 Å². The van der Waals surface area contributed by atoms with Gasteiger partial charge in [-0.25, -0.2) is 0 Å². The van der Waals surface area contributed by atoms with Gasteiger partial charge in [0.25, 0.3) is 5.91 Å². The van der Waals surface area contributed by atoms with E-state index in [1.807, 2.05) is 48.4 Å². The monoisotopic (exact) mass is 490 g/mol. The van der Waals surface area contributed by atoms with Crippen molar-refractivity contribution in [3.63, 3.8) is 0 Å². The first-order valence-electron chi connectivity index (χ1n) is 11.9. The Morgan fingerprint density at radius 3 is 2.56 bits per heavy atom. The van der Waals surface area contributed by atoms with Gasteiger partial charge in [-0.05, 0) is 72.2 Å². The summed E-state index contributed by atoms with van der Waals surface area (Å²) < 4.78 is 41.4. The summed E-state index contributed by atoms with van der Waals surface area (Å²) in [5.74, 6) is 0.0526. The highest BCUT2D eigenvalue weighted by Crippen LogP contribution is 2.31. The largest absolute Gasteiger partial charge is 0.573 e. The van der Waals surface area contributed by atoms with Crippen LogP contribution in [0.25, 0.3) is 22.0 Å². The predicted molar refractivity (Wildman–Crippen MR) is 133 cm³/mol. The molecule has 2 heterocycles. The Morgan fingerprint density at radius 1 is 1.03 bits per heavy atom. The number of aromatic nitrogens is 1. The Kier molecular flexibility index (Phi) is 6.39. The van der Waals surface area contributed by atoms with E-state index in [0.29, 0.717) is 24.6 Å². The summed E-state index contributed by atoms with van der Waals surface area (Å²) in [6.45, 7) is 3.24. The number of nitrogens with zero attached hydrogens (tertiary/aromatic N) is 2. The SMILES string of the molecule is Cc1c(C(=O)N2CCC(Cc3cccc4cccnc34)C2)cccc1-c1ccc(OC(F)(F)F)cc1. The van der Waals surface area contributed by atoms with Crippen molar-refractivity contribution >= 4 is 16.8 Å². The molecule has 1 unspecified atom stereocenters. The Hall–Kier alpha value is -3.87. The third-order valence-corrected chi connectivity index (χ3v) is 6.76. The van der Waals surface area contributed by atoms with Gasteiger partial charge in [-0.2, -0.15) is 0 Å². The number of fused-ring (bicyclic) bond motifs is 1. The molecule has 1 saturated heterocycles. The number of halogens is 3. The van der Waals surface area contributed by atoms with Crippen molar-refractivity contribution in [1.82, 2.24) is 9.88 Å². The summed E-state index contributed by atoms with van der Waals surface area (Å²) >= 11 is 0. The van der Waals surface area contributed by atoms with Crippen LogP contribution in [0.15, 0.2) is 79.0 Å². The maximum atomic E-state index is 13.4. The van der Waals surface area contributed by atoms with E-state index in [9.17, 15) is 18.0 Å². The molecule has 5 rings (SSSR count). The number of carbonyl (C=O) groups is 1. The fourth-order valence-electron chi connectivity index (χ4n) is 5.01. The lowest BCUT2D eigenvalue weighted by Gasteiger charge is -2.19. The molecule has 0 radical (unpaired) electrons. The smallest absolute Gasteiger partial charge is 0.406 e. The quantitative estimate of drug-likeness (QED) is 0.309. The van der Waals surface area contributed by atoms with Gasteiger partial charge in [0.1, 0.15) is 5.75 Å². The second-order valence-corrected chi connectivity index (χ2v) is 9.15. The molecule has 0 spiro atoms. The normalized spacial score (nSPS) is 15.9. The third-order valence-electron chi connectivity index (χ3n) is 6.76. The van der Waals surface area contributed by atoms with Crippen molar-refractivity contribution in [2.24, 2.45) is 5.92 Å². The highest BCUT2D eigenvalue weighted by atomic mass is 19.4. The maximum absolute atomic E-state index is 13.4. The number of carbonyl (C=O) groups excluding carboxylic acids is 1. The number of rotatable bonds is 5. The Bertz CT molecular complexity index is 1390. The zero-order valence-corrected chi connectivity index (χ0v) is 19.8. The Balaban J connectivity index is 1.31. The highest BCUT2D eigenvalue weighted by Gasteiger charge is 2.31. The minimum absolute atomic E-state index is 0.0232. The van der Waals surface area contributed by atoms with E-state index in [-0.39, 0.29) is 11.7 Å². The van der Waals surface area contributed by atoms with E-state index in [1.165, 1.54) is 17.7 Å². The van der Waals surface area contributed by atoms with E-state index in [0.717, 1.165) is 40.4 Å². The van der Waals surface area contributed by atoms with Crippen molar-refractivity contribution in [3.8, 4) is 16.9 Å². The summed E-state index contributed by atoms with van der Waals surface area (Å²) in [6.07, 6.45) is -1.14. The van der Waals surface area contributed by atoms with Crippen molar-refractivity contribution in [2.75, 3.05) is 13.1 Å². The Labute approximate surface area is 207 Å². The Morgan fingerprint density at radius 2 is 1.78 bits per heavy atom. The van der Waals surface area contributed by atoms with Crippen LogP contribution in [0.5, 0.6) is 5.75 Å². The summed E-state index contributed by atoms with van der Waals surface area (Å²) in [4.78, 5) is 19.9. The molecule has 0 aliphatic carbocycles. The van der Waals surface area contributed by atoms with Crippen LogP contribution in [0.4, 0.5) is 13.2 Å². The number of amides is 1. The maximum Gasteiger partial charge on any atom is 0.573 e. The van der Waals surface area contributed by atoms with Crippen molar-refractivity contribution < 1.29 is 22.7 Å². The second kappa shape index (κ2) is 9.64. The molecule has 1 amide bonds. The molecule has 0 bridgehead atoms. The molecule has 7 heteroatoms. The molecule has 1 fully saturated rings. The van der Waals surface area contributed by atoms with Crippen LogP contribution in [0.2, 0.25) is 0 Å². The number of likely N-dealkylation sites (tertiary alicyclic amines) is 1. The number of alkyl halides is 3. The van der Waals surface area contributed by atoms with Gasteiger partial charge in [-0.1, -0.05) is 48.5 Å². The summed E-state index contributed by atoms with van der Waals surface area (Å²) in [6, 6.07) is 21.4. The number of benzene rings is 3. The van der Waals surface area contributed by atoms with Crippen LogP contribution in [-0.4, -0.2) is 35.2 Å². The van der Waals surface area contributed by atoms with Gasteiger partial charge in [0.2, 0.25) is 0 Å². The molecule has 1 atom stereocenters. The molecular formula is C29H25F3N2O2. The second-order valence-electron chi connectivity index (χ2n) is 9.15. The molecule has 184 valence electrons. The third kappa shape index (κ3) is 5.05. The van der Waals surface area contributed by atoms with Gasteiger partial charge in [0.05, 0.1) is 5.52 Å². The lowest BCUT2D eigenvalue weighted by atomic mass is 9.95. The van der Waals surface area contributed by atoms with E-state index < -0.39 is 6.36 Å². The molecule has 0 N–H and O–H groups in total. The summed E-state index contributed by atoms with van der Waals surface area (Å²) in [5, 5.41) is 1.12. The van der Waals surface area contributed by atoms with Crippen LogP contribution >= 0.6 is 0 Å². The summed E-state index contributed by atoms with van der Waals surface area (Å²) in [5.41, 5.74) is 5.14. The number of pyridine rings is 1. The molecule has 3 aromatic carbocycles. The zero-order chi connectivity index (χ0) is 25.3. The van der Waals surface area contributed by atoms with Crippen molar-refractivity contribution in [3.05, 3.63) is 95.7 Å². The first-order valence-corrected chi connectivity index (χ1v) is 11.9. The molecule has 0 saturated carbocycles. The van der Waals surface area contributed by atoms with Gasteiger partial charge in [-0.3, -0.25) is 9.78 Å². The summed E-state index contributed by atoms with van der Waals surface area (Å²) in [7, 11) is 0. The molecule has 1 aliphatic rings. The lowest BCUT2D eigenvalue weighted by Crippen LogP contribution is -2.29. The predicted octanol–water partition coefficient (Wildman–Crippen LogP) is 6.81. The van der Waals surface area contributed by atoms with E-state index in [2.05, 4.69) is 27.9 Å². The minimum Gasteiger partial charge on any atom is -0.406 e.